The van der Waals surface area contributed by atoms with Crippen molar-refractivity contribution in [3.05, 3.63) is 34.5 Å². The van der Waals surface area contributed by atoms with Crippen LogP contribution in [0.3, 0.4) is 0 Å². The maximum Gasteiger partial charge on any atom is 0.349 e. The maximum absolute atomic E-state index is 11.4. The van der Waals surface area contributed by atoms with Crippen LogP contribution < -0.4 is 11.0 Å². The highest BCUT2D eigenvalue weighted by Gasteiger charge is 2.05. The summed E-state index contributed by atoms with van der Waals surface area (Å²) >= 11 is 0. The molecule has 90 valence electrons. The zero-order valence-electron chi connectivity index (χ0n) is 9.90. The second kappa shape index (κ2) is 4.82. The van der Waals surface area contributed by atoms with Crippen molar-refractivity contribution in [2.75, 3.05) is 11.9 Å². The zero-order chi connectivity index (χ0) is 12.3. The molecule has 2 heterocycles. The largest absolute Gasteiger partial charge is 0.370 e. The lowest BCUT2D eigenvalue weighted by Gasteiger charge is -2.05. The Morgan fingerprint density at radius 1 is 1.59 bits per heavy atom. The molecule has 0 bridgehead atoms. The standard InChI is InChI=1S/C11H15N5O/c1-3-4-5-6-12-9-7-10-14-15-11(17)16(10)8(2)13-9/h3-4,7,12H,5-6H2,1-2H3,(H,15,17)/b4-3+. The zero-order valence-corrected chi connectivity index (χ0v) is 9.90. The molecule has 2 rings (SSSR count). The fourth-order valence-corrected chi connectivity index (χ4v) is 1.64. The molecule has 0 amide bonds. The molecule has 0 atom stereocenters. The van der Waals surface area contributed by atoms with Gasteiger partial charge in [0.25, 0.3) is 0 Å². The van der Waals surface area contributed by atoms with Gasteiger partial charge in [-0.1, -0.05) is 12.2 Å². The average molecular weight is 233 g/mol. The number of hydrogen-bond donors (Lipinski definition) is 2. The summed E-state index contributed by atoms with van der Waals surface area (Å²) in [5.74, 6) is 1.35. The molecule has 0 fully saturated rings. The molecule has 0 unspecified atom stereocenters. The van der Waals surface area contributed by atoms with Crippen LogP contribution in [-0.2, 0) is 0 Å². The molecule has 2 aromatic rings. The summed E-state index contributed by atoms with van der Waals surface area (Å²) in [5, 5.41) is 9.51. The Balaban J connectivity index is 2.22. The lowest BCUT2D eigenvalue weighted by Crippen LogP contribution is -2.14. The van der Waals surface area contributed by atoms with E-state index in [0.29, 0.717) is 11.5 Å². The van der Waals surface area contributed by atoms with Crippen molar-refractivity contribution < 1.29 is 0 Å². The number of rotatable bonds is 4. The van der Waals surface area contributed by atoms with Gasteiger partial charge < -0.3 is 5.32 Å². The average Bonchev–Trinajstić information content (AvgIpc) is 2.67. The molecule has 0 aromatic carbocycles. The first-order chi connectivity index (χ1) is 8.22. The van der Waals surface area contributed by atoms with Crippen molar-refractivity contribution in [3.63, 3.8) is 0 Å². The van der Waals surface area contributed by atoms with Gasteiger partial charge in [0.2, 0.25) is 0 Å². The summed E-state index contributed by atoms with van der Waals surface area (Å²) in [4.78, 5) is 15.7. The number of aromatic amines is 1. The van der Waals surface area contributed by atoms with Crippen LogP contribution in [0.25, 0.3) is 5.65 Å². The van der Waals surface area contributed by atoms with Gasteiger partial charge in [0.05, 0.1) is 0 Å². The molecule has 6 heteroatoms. The van der Waals surface area contributed by atoms with Gasteiger partial charge in [-0.25, -0.2) is 19.3 Å². The smallest absolute Gasteiger partial charge is 0.349 e. The van der Waals surface area contributed by atoms with Crippen molar-refractivity contribution >= 4 is 11.5 Å². The van der Waals surface area contributed by atoms with E-state index < -0.39 is 0 Å². The van der Waals surface area contributed by atoms with E-state index in [0.717, 1.165) is 18.8 Å². The van der Waals surface area contributed by atoms with Crippen LogP contribution in [0.5, 0.6) is 0 Å². The van der Waals surface area contributed by atoms with E-state index in [4.69, 9.17) is 0 Å². The van der Waals surface area contributed by atoms with Gasteiger partial charge in [-0.05, 0) is 20.3 Å². The van der Waals surface area contributed by atoms with Gasteiger partial charge in [-0.3, -0.25) is 0 Å². The quantitative estimate of drug-likeness (QED) is 0.612. The lowest BCUT2D eigenvalue weighted by atomic mass is 10.4. The Labute approximate surface area is 98.4 Å². The Morgan fingerprint density at radius 3 is 3.18 bits per heavy atom. The summed E-state index contributed by atoms with van der Waals surface area (Å²) in [6, 6.07) is 1.75. The van der Waals surface area contributed by atoms with Crippen LogP contribution in [0.2, 0.25) is 0 Å². The monoisotopic (exact) mass is 233 g/mol. The van der Waals surface area contributed by atoms with E-state index >= 15 is 0 Å². The molecule has 2 N–H and O–H groups in total. The summed E-state index contributed by atoms with van der Waals surface area (Å²) in [6.45, 7) is 4.58. The van der Waals surface area contributed by atoms with Gasteiger partial charge in [0, 0.05) is 12.6 Å². The van der Waals surface area contributed by atoms with E-state index in [9.17, 15) is 4.79 Å². The van der Waals surface area contributed by atoms with Crippen LogP contribution in [0.1, 0.15) is 19.2 Å². The molecule has 2 aromatic heterocycles. The number of H-pyrrole nitrogens is 1. The number of nitrogens with one attached hydrogen (secondary N) is 2. The first-order valence-corrected chi connectivity index (χ1v) is 5.52. The molecular weight excluding hydrogens is 218 g/mol. The van der Waals surface area contributed by atoms with Crippen molar-refractivity contribution in [2.45, 2.75) is 20.3 Å². The molecule has 0 aliphatic rings. The molecule has 0 radical (unpaired) electrons. The maximum atomic E-state index is 11.4. The molecule has 17 heavy (non-hydrogen) atoms. The fourth-order valence-electron chi connectivity index (χ4n) is 1.64. The lowest BCUT2D eigenvalue weighted by molar-refractivity contribution is 0.929. The number of nitrogens with zero attached hydrogens (tertiary/aromatic N) is 3. The molecular formula is C11H15N5O. The highest BCUT2D eigenvalue weighted by atomic mass is 16.1. The van der Waals surface area contributed by atoms with Crippen molar-refractivity contribution in [2.24, 2.45) is 0 Å². The molecule has 0 spiro atoms. The summed E-state index contributed by atoms with van der Waals surface area (Å²) in [7, 11) is 0. The fraction of sp³-hybridized carbons (Fsp3) is 0.364. The topological polar surface area (TPSA) is 75.1 Å². The first-order valence-electron chi connectivity index (χ1n) is 5.52. The normalized spacial score (nSPS) is 11.4. The third-order valence-electron chi connectivity index (χ3n) is 2.42. The summed E-state index contributed by atoms with van der Waals surface area (Å²) in [5.41, 5.74) is 0.321. The number of allylic oxidation sites excluding steroid dienone is 1. The van der Waals surface area contributed by atoms with Crippen LogP contribution in [-0.4, -0.2) is 26.1 Å². The minimum absolute atomic E-state index is 0.259. The predicted molar refractivity (Wildman–Crippen MR) is 66.3 cm³/mol. The van der Waals surface area contributed by atoms with Crippen molar-refractivity contribution in [3.8, 4) is 0 Å². The predicted octanol–water partition coefficient (Wildman–Crippen LogP) is 1.10. The van der Waals surface area contributed by atoms with E-state index in [-0.39, 0.29) is 5.69 Å². The summed E-state index contributed by atoms with van der Waals surface area (Å²) in [6.07, 6.45) is 5.03. The molecule has 0 saturated heterocycles. The van der Waals surface area contributed by atoms with Gasteiger partial charge in [-0.15, -0.1) is 0 Å². The molecule has 6 nitrogen and oxygen atoms in total. The van der Waals surface area contributed by atoms with Crippen molar-refractivity contribution in [1.29, 1.82) is 0 Å². The van der Waals surface area contributed by atoms with Crippen LogP contribution in [0.15, 0.2) is 23.0 Å². The molecule has 0 aliphatic heterocycles. The second-order valence-corrected chi connectivity index (χ2v) is 3.70. The van der Waals surface area contributed by atoms with Crippen molar-refractivity contribution in [1.82, 2.24) is 19.6 Å². The van der Waals surface area contributed by atoms with Crippen LogP contribution in [0.4, 0.5) is 5.82 Å². The number of anilines is 1. The number of hydrogen-bond acceptors (Lipinski definition) is 4. The third kappa shape index (κ3) is 2.35. The number of fused-ring (bicyclic) bond motifs is 1. The Kier molecular flexibility index (Phi) is 3.22. The SMILES string of the molecule is C/C=C/CCNc1cc2n[nH]c(=O)n2c(C)n1. The minimum Gasteiger partial charge on any atom is -0.370 e. The van der Waals surface area contributed by atoms with Gasteiger partial charge >= 0.3 is 5.69 Å². The highest BCUT2D eigenvalue weighted by molar-refractivity contribution is 5.49. The van der Waals surface area contributed by atoms with Gasteiger partial charge in [0.15, 0.2) is 5.65 Å². The second-order valence-electron chi connectivity index (χ2n) is 3.70. The highest BCUT2D eigenvalue weighted by Crippen LogP contribution is 2.07. The molecule has 0 aliphatic carbocycles. The minimum atomic E-state index is -0.259. The Bertz CT molecular complexity index is 595. The van der Waals surface area contributed by atoms with Crippen LogP contribution >= 0.6 is 0 Å². The van der Waals surface area contributed by atoms with E-state index in [1.165, 1.54) is 4.40 Å². The van der Waals surface area contributed by atoms with E-state index in [1.54, 1.807) is 13.0 Å². The third-order valence-corrected chi connectivity index (χ3v) is 2.42. The van der Waals surface area contributed by atoms with Gasteiger partial charge in [-0.2, -0.15) is 5.10 Å². The van der Waals surface area contributed by atoms with Gasteiger partial charge in [0.1, 0.15) is 11.6 Å². The number of aryl methyl sites for hydroxylation is 1. The molecule has 0 saturated carbocycles. The van der Waals surface area contributed by atoms with E-state index in [1.807, 2.05) is 13.0 Å². The van der Waals surface area contributed by atoms with E-state index in [2.05, 4.69) is 26.6 Å². The Hall–Kier alpha value is -2.11. The Morgan fingerprint density at radius 2 is 2.41 bits per heavy atom. The first kappa shape index (κ1) is 11.4. The van der Waals surface area contributed by atoms with Crippen LogP contribution in [0, 0.1) is 6.92 Å². The summed E-state index contributed by atoms with van der Waals surface area (Å²) < 4.78 is 1.44. The number of aromatic nitrogens is 4.